The molecule has 0 nitrogen and oxygen atoms in total. The van der Waals surface area contributed by atoms with Gasteiger partial charge in [0.15, 0.2) is 0 Å². The summed E-state index contributed by atoms with van der Waals surface area (Å²) in [6, 6.07) is 0. The van der Waals surface area contributed by atoms with E-state index in [2.05, 4.69) is 55.4 Å². The van der Waals surface area contributed by atoms with Crippen molar-refractivity contribution < 1.29 is 0 Å². The minimum absolute atomic E-state index is 0. The summed E-state index contributed by atoms with van der Waals surface area (Å²) in [5.74, 6) is 0. The molecule has 0 unspecified atom stereocenters. The molecule has 94 valence electrons. The Bertz CT molecular complexity index is 43.0. The Kier molecular flexibility index (Phi) is 27.1. The molecule has 0 heterocycles. The van der Waals surface area contributed by atoms with E-state index in [1.165, 1.54) is 0 Å². The van der Waals surface area contributed by atoms with Crippen molar-refractivity contribution in [2.24, 2.45) is 10.8 Å². The van der Waals surface area contributed by atoms with E-state index in [1.807, 2.05) is 13.8 Å². The smallest absolute Gasteiger partial charge is 0.0411 e. The van der Waals surface area contributed by atoms with Crippen LogP contribution < -0.4 is 0 Å². The Morgan fingerprint density at radius 1 is 0.429 bits per heavy atom. The number of hydrogen-bond donors (Lipinski definition) is 0. The van der Waals surface area contributed by atoms with Gasteiger partial charge in [0, 0.05) is 0 Å². The van der Waals surface area contributed by atoms with Crippen LogP contribution in [0, 0.1) is 10.8 Å². The van der Waals surface area contributed by atoms with Gasteiger partial charge in [-0.15, -0.1) is 0 Å². The van der Waals surface area contributed by atoms with Gasteiger partial charge in [-0.3, -0.25) is 0 Å². The Morgan fingerprint density at radius 3 is 0.429 bits per heavy atom. The first kappa shape index (κ1) is 29.2. The van der Waals surface area contributed by atoms with Gasteiger partial charge in [-0.05, 0) is 10.8 Å². The largest absolute Gasteiger partial charge is 0.0776 e. The summed E-state index contributed by atoms with van der Waals surface area (Å²) >= 11 is 0. The number of hydrogen-bond acceptors (Lipinski definition) is 0. The average molecular weight is 206 g/mol. The second-order valence-corrected chi connectivity index (χ2v) is 6.00. The normalized spacial score (nSPS) is 9.00. The monoisotopic (exact) mass is 206 g/mol. The highest BCUT2D eigenvalue weighted by Crippen LogP contribution is 2.08. The predicted molar refractivity (Wildman–Crippen MR) is 75.1 cm³/mol. The van der Waals surface area contributed by atoms with Crippen LogP contribution in [0.2, 0.25) is 0 Å². The van der Waals surface area contributed by atoms with Crippen LogP contribution in [0.25, 0.3) is 0 Å². The van der Waals surface area contributed by atoms with Crippen LogP contribution in [0.3, 0.4) is 0 Å². The van der Waals surface area contributed by atoms with Crippen molar-refractivity contribution >= 4 is 0 Å². The molecular formula is C14H38. The molecule has 0 fully saturated rings. The van der Waals surface area contributed by atoms with E-state index in [0.29, 0.717) is 10.8 Å². The van der Waals surface area contributed by atoms with Crippen LogP contribution >= 0.6 is 0 Å². The fraction of sp³-hybridized carbons (Fsp3) is 1.00. The average Bonchev–Trinajstić information content (AvgIpc) is 1.59. The van der Waals surface area contributed by atoms with Crippen LogP contribution in [-0.4, -0.2) is 0 Å². The van der Waals surface area contributed by atoms with Crippen molar-refractivity contribution in [1.29, 1.82) is 0 Å². The zero-order valence-corrected chi connectivity index (χ0v) is 11.0. The van der Waals surface area contributed by atoms with Gasteiger partial charge in [0.25, 0.3) is 0 Å². The van der Waals surface area contributed by atoms with Gasteiger partial charge in [-0.2, -0.15) is 0 Å². The summed E-state index contributed by atoms with van der Waals surface area (Å²) in [5, 5.41) is 0. The van der Waals surface area contributed by atoms with Crippen LogP contribution in [0.15, 0.2) is 0 Å². The van der Waals surface area contributed by atoms with Crippen molar-refractivity contribution in [1.82, 2.24) is 0 Å². The van der Waals surface area contributed by atoms with Gasteiger partial charge in [0.2, 0.25) is 0 Å². The molecule has 0 rings (SSSR count). The SMILES string of the molecule is C.C.CC.CC(C)(C)C.CC(C)(C)C. The molecule has 0 aliphatic heterocycles. The first-order valence-electron chi connectivity index (χ1n) is 5.00. The van der Waals surface area contributed by atoms with Crippen LogP contribution in [0.5, 0.6) is 0 Å². The molecule has 14 heavy (non-hydrogen) atoms. The lowest BCUT2D eigenvalue weighted by molar-refractivity contribution is 0.469. The van der Waals surface area contributed by atoms with Crippen molar-refractivity contribution in [3.63, 3.8) is 0 Å². The first-order chi connectivity index (χ1) is 5.00. The van der Waals surface area contributed by atoms with E-state index >= 15 is 0 Å². The van der Waals surface area contributed by atoms with Gasteiger partial charge in [-0.1, -0.05) is 84.1 Å². The van der Waals surface area contributed by atoms with E-state index in [1.54, 1.807) is 0 Å². The Morgan fingerprint density at radius 2 is 0.429 bits per heavy atom. The Balaban J connectivity index is -0.0000000292. The maximum Gasteiger partial charge on any atom is -0.0411 e. The summed E-state index contributed by atoms with van der Waals surface area (Å²) in [6.45, 7) is 21.5. The highest BCUT2D eigenvalue weighted by atomic mass is 14.0. The van der Waals surface area contributed by atoms with Gasteiger partial charge in [0.05, 0.1) is 0 Å². The molecule has 0 saturated heterocycles. The Hall–Kier alpha value is 0. The van der Waals surface area contributed by atoms with E-state index < -0.39 is 0 Å². The van der Waals surface area contributed by atoms with E-state index in [0.717, 1.165) is 0 Å². The summed E-state index contributed by atoms with van der Waals surface area (Å²) in [5.41, 5.74) is 1.00. The van der Waals surface area contributed by atoms with Crippen molar-refractivity contribution in [3.05, 3.63) is 0 Å². The third-order valence-corrected chi connectivity index (χ3v) is 0. The van der Waals surface area contributed by atoms with Gasteiger partial charge in [-0.25, -0.2) is 0 Å². The van der Waals surface area contributed by atoms with Crippen LogP contribution in [0.1, 0.15) is 84.1 Å². The maximum atomic E-state index is 2.19. The molecule has 0 aromatic rings. The van der Waals surface area contributed by atoms with Crippen molar-refractivity contribution in [2.75, 3.05) is 0 Å². The fourth-order valence-electron chi connectivity index (χ4n) is 0. The lowest BCUT2D eigenvalue weighted by Gasteiger charge is -2.05. The lowest BCUT2D eigenvalue weighted by Crippen LogP contribution is -1.93. The molecule has 0 radical (unpaired) electrons. The lowest BCUT2D eigenvalue weighted by atomic mass is 10.0. The van der Waals surface area contributed by atoms with Crippen LogP contribution in [0.4, 0.5) is 0 Å². The molecule has 0 aromatic heterocycles. The zero-order chi connectivity index (χ0) is 11.0. The van der Waals surface area contributed by atoms with E-state index in [9.17, 15) is 0 Å². The topological polar surface area (TPSA) is 0 Å². The molecule has 0 aromatic carbocycles. The standard InChI is InChI=1S/2C5H12.C2H6.2CH4/c2*1-5(2,3)4;1-2;;/h2*1-4H3;1-2H3;2*1H4. The highest BCUT2D eigenvalue weighted by molar-refractivity contribution is 4.47. The molecule has 0 heteroatoms. The number of rotatable bonds is 0. The van der Waals surface area contributed by atoms with Crippen molar-refractivity contribution in [3.8, 4) is 0 Å². The predicted octanol–water partition coefficient (Wildman–Crippen LogP) is 6.40. The molecule has 0 bridgehead atoms. The molecule has 0 saturated carbocycles. The highest BCUT2D eigenvalue weighted by Gasteiger charge is 1.96. The molecule has 0 spiro atoms. The molecule has 0 aliphatic rings. The second kappa shape index (κ2) is 13.0. The first-order valence-corrected chi connectivity index (χ1v) is 5.00. The second-order valence-electron chi connectivity index (χ2n) is 6.00. The third kappa shape index (κ3) is 0. The fourth-order valence-corrected chi connectivity index (χ4v) is 0. The van der Waals surface area contributed by atoms with Crippen molar-refractivity contribution in [2.45, 2.75) is 84.1 Å². The molecule has 0 N–H and O–H groups in total. The maximum absolute atomic E-state index is 2.19. The minimum Gasteiger partial charge on any atom is -0.0776 e. The summed E-state index contributed by atoms with van der Waals surface area (Å²) in [7, 11) is 0. The molecular weight excluding hydrogens is 168 g/mol. The van der Waals surface area contributed by atoms with E-state index in [-0.39, 0.29) is 14.9 Å². The summed E-state index contributed by atoms with van der Waals surface area (Å²) in [4.78, 5) is 0. The Labute approximate surface area is 95.5 Å². The van der Waals surface area contributed by atoms with Gasteiger partial charge < -0.3 is 0 Å². The molecule has 0 amide bonds. The quantitative estimate of drug-likeness (QED) is 0.430. The molecule has 0 aliphatic carbocycles. The third-order valence-electron chi connectivity index (χ3n) is 0. The van der Waals surface area contributed by atoms with E-state index in [4.69, 9.17) is 0 Å². The van der Waals surface area contributed by atoms with Gasteiger partial charge >= 0.3 is 0 Å². The zero-order valence-electron chi connectivity index (χ0n) is 11.0. The summed E-state index contributed by atoms with van der Waals surface area (Å²) in [6.07, 6.45) is 0. The molecule has 0 atom stereocenters. The minimum atomic E-state index is 0. The van der Waals surface area contributed by atoms with Crippen LogP contribution in [-0.2, 0) is 0 Å². The summed E-state index contributed by atoms with van der Waals surface area (Å²) < 4.78 is 0. The van der Waals surface area contributed by atoms with Gasteiger partial charge in [0.1, 0.15) is 0 Å².